The SMILES string of the molecule is CC(=O)Nc1ccc(Oc2cc(N3CCCC(C)(C)C3)ccc2O)cc1. The molecule has 1 aliphatic rings. The maximum absolute atomic E-state index is 11.1. The normalized spacial score (nSPS) is 16.2. The zero-order valence-electron chi connectivity index (χ0n) is 15.6. The Labute approximate surface area is 154 Å². The summed E-state index contributed by atoms with van der Waals surface area (Å²) in [6.07, 6.45) is 2.39. The van der Waals surface area contributed by atoms with Crippen molar-refractivity contribution >= 4 is 17.3 Å². The van der Waals surface area contributed by atoms with E-state index in [1.54, 1.807) is 30.3 Å². The molecule has 1 heterocycles. The third kappa shape index (κ3) is 4.48. The average molecular weight is 354 g/mol. The number of hydrogen-bond acceptors (Lipinski definition) is 4. The highest BCUT2D eigenvalue weighted by Gasteiger charge is 2.26. The van der Waals surface area contributed by atoms with Crippen molar-refractivity contribution in [2.75, 3.05) is 23.3 Å². The second-order valence-electron chi connectivity index (χ2n) is 7.65. The van der Waals surface area contributed by atoms with Crippen molar-refractivity contribution in [1.82, 2.24) is 0 Å². The molecule has 26 heavy (non-hydrogen) atoms. The molecule has 0 radical (unpaired) electrons. The lowest BCUT2D eigenvalue weighted by atomic mass is 9.84. The molecule has 138 valence electrons. The summed E-state index contributed by atoms with van der Waals surface area (Å²) in [5.41, 5.74) is 2.05. The Morgan fingerprint density at radius 2 is 1.92 bits per heavy atom. The molecule has 0 saturated carbocycles. The highest BCUT2D eigenvalue weighted by atomic mass is 16.5. The molecule has 1 aliphatic heterocycles. The minimum absolute atomic E-state index is 0.107. The Morgan fingerprint density at radius 1 is 1.19 bits per heavy atom. The van der Waals surface area contributed by atoms with E-state index in [0.717, 1.165) is 25.2 Å². The van der Waals surface area contributed by atoms with E-state index in [1.165, 1.54) is 13.3 Å². The second kappa shape index (κ2) is 7.28. The number of anilines is 2. The first-order valence-electron chi connectivity index (χ1n) is 8.96. The molecule has 5 nitrogen and oxygen atoms in total. The van der Waals surface area contributed by atoms with Gasteiger partial charge in [0.05, 0.1) is 0 Å². The van der Waals surface area contributed by atoms with Crippen LogP contribution in [0.1, 0.15) is 33.6 Å². The highest BCUT2D eigenvalue weighted by molar-refractivity contribution is 5.88. The number of hydrogen-bond donors (Lipinski definition) is 2. The molecule has 1 saturated heterocycles. The first kappa shape index (κ1) is 18.1. The van der Waals surface area contributed by atoms with E-state index >= 15 is 0 Å². The van der Waals surface area contributed by atoms with E-state index < -0.39 is 0 Å². The largest absolute Gasteiger partial charge is 0.504 e. The fourth-order valence-electron chi connectivity index (χ4n) is 3.36. The molecule has 1 amide bonds. The molecular formula is C21H26N2O3. The summed E-state index contributed by atoms with van der Waals surface area (Å²) in [5.74, 6) is 1.02. The molecule has 5 heteroatoms. The van der Waals surface area contributed by atoms with Crippen LogP contribution in [-0.2, 0) is 4.79 Å². The number of phenolic OH excluding ortho intramolecular Hbond substituents is 1. The van der Waals surface area contributed by atoms with Gasteiger partial charge in [0.2, 0.25) is 5.91 Å². The van der Waals surface area contributed by atoms with Gasteiger partial charge in [-0.25, -0.2) is 0 Å². The fraction of sp³-hybridized carbons (Fsp3) is 0.381. The van der Waals surface area contributed by atoms with Crippen molar-refractivity contribution in [3.8, 4) is 17.2 Å². The van der Waals surface area contributed by atoms with Gasteiger partial charge in [0.25, 0.3) is 0 Å². The highest BCUT2D eigenvalue weighted by Crippen LogP contribution is 2.37. The van der Waals surface area contributed by atoms with Crippen LogP contribution in [0.2, 0.25) is 0 Å². The van der Waals surface area contributed by atoms with Crippen LogP contribution in [-0.4, -0.2) is 24.1 Å². The summed E-state index contributed by atoms with van der Waals surface area (Å²) >= 11 is 0. The van der Waals surface area contributed by atoms with E-state index in [4.69, 9.17) is 4.74 Å². The quantitative estimate of drug-likeness (QED) is 0.830. The number of piperidine rings is 1. The smallest absolute Gasteiger partial charge is 0.221 e. The summed E-state index contributed by atoms with van der Waals surface area (Å²) in [5, 5.41) is 12.9. The number of nitrogens with zero attached hydrogens (tertiary/aromatic N) is 1. The predicted molar refractivity (Wildman–Crippen MR) is 104 cm³/mol. The van der Waals surface area contributed by atoms with Crippen LogP contribution < -0.4 is 15.0 Å². The Kier molecular flexibility index (Phi) is 5.07. The Hall–Kier alpha value is -2.69. The minimum atomic E-state index is -0.117. The summed E-state index contributed by atoms with van der Waals surface area (Å²) in [6.45, 7) is 8.04. The van der Waals surface area contributed by atoms with Gasteiger partial charge in [-0.1, -0.05) is 13.8 Å². The summed E-state index contributed by atoms with van der Waals surface area (Å²) in [4.78, 5) is 13.4. The van der Waals surface area contributed by atoms with Gasteiger partial charge in [-0.05, 0) is 54.7 Å². The van der Waals surface area contributed by atoms with Crippen LogP contribution in [0.4, 0.5) is 11.4 Å². The fourth-order valence-corrected chi connectivity index (χ4v) is 3.36. The molecule has 2 aromatic carbocycles. The van der Waals surface area contributed by atoms with E-state index in [0.29, 0.717) is 17.2 Å². The molecule has 0 bridgehead atoms. The lowest BCUT2D eigenvalue weighted by molar-refractivity contribution is -0.114. The van der Waals surface area contributed by atoms with Crippen LogP contribution >= 0.6 is 0 Å². The van der Waals surface area contributed by atoms with Crippen LogP contribution in [0.15, 0.2) is 42.5 Å². The monoisotopic (exact) mass is 354 g/mol. The maximum atomic E-state index is 11.1. The number of nitrogens with one attached hydrogen (secondary N) is 1. The van der Waals surface area contributed by atoms with E-state index in [1.807, 2.05) is 12.1 Å². The number of ether oxygens (including phenoxy) is 1. The van der Waals surface area contributed by atoms with Gasteiger partial charge in [-0.3, -0.25) is 4.79 Å². The number of amides is 1. The van der Waals surface area contributed by atoms with Crippen molar-refractivity contribution in [1.29, 1.82) is 0 Å². The van der Waals surface area contributed by atoms with Gasteiger partial charge in [0, 0.05) is 37.5 Å². The zero-order valence-corrected chi connectivity index (χ0v) is 15.6. The first-order chi connectivity index (χ1) is 12.3. The van der Waals surface area contributed by atoms with Gasteiger partial charge >= 0.3 is 0 Å². The number of phenols is 1. The first-order valence-corrected chi connectivity index (χ1v) is 8.96. The van der Waals surface area contributed by atoms with Gasteiger partial charge in [0.15, 0.2) is 11.5 Å². The van der Waals surface area contributed by atoms with Crippen molar-refractivity contribution in [2.24, 2.45) is 5.41 Å². The summed E-state index contributed by atoms with van der Waals surface area (Å²) in [6, 6.07) is 12.6. The van der Waals surface area contributed by atoms with E-state index in [-0.39, 0.29) is 17.1 Å². The lowest BCUT2D eigenvalue weighted by Gasteiger charge is -2.39. The molecule has 0 spiro atoms. The van der Waals surface area contributed by atoms with Crippen molar-refractivity contribution in [3.63, 3.8) is 0 Å². The molecule has 2 N–H and O–H groups in total. The van der Waals surface area contributed by atoms with Crippen LogP contribution in [0.25, 0.3) is 0 Å². The molecule has 0 atom stereocenters. The number of benzene rings is 2. The number of carbonyl (C=O) groups is 1. The van der Waals surface area contributed by atoms with E-state index in [9.17, 15) is 9.90 Å². The molecule has 2 aromatic rings. The van der Waals surface area contributed by atoms with Gasteiger partial charge in [0.1, 0.15) is 5.75 Å². The number of rotatable bonds is 4. The topological polar surface area (TPSA) is 61.8 Å². The average Bonchev–Trinajstić information content (AvgIpc) is 2.57. The summed E-state index contributed by atoms with van der Waals surface area (Å²) in [7, 11) is 0. The zero-order chi connectivity index (χ0) is 18.7. The Bertz CT molecular complexity index is 784. The lowest BCUT2D eigenvalue weighted by Crippen LogP contribution is -2.40. The minimum Gasteiger partial charge on any atom is -0.504 e. The number of aromatic hydroxyl groups is 1. The molecule has 1 fully saturated rings. The summed E-state index contributed by atoms with van der Waals surface area (Å²) < 4.78 is 5.86. The second-order valence-corrected chi connectivity index (χ2v) is 7.65. The van der Waals surface area contributed by atoms with Crippen molar-refractivity contribution in [2.45, 2.75) is 33.6 Å². The van der Waals surface area contributed by atoms with Gasteiger partial charge in [-0.15, -0.1) is 0 Å². The maximum Gasteiger partial charge on any atom is 0.221 e. The number of carbonyl (C=O) groups excluding carboxylic acids is 1. The Balaban J connectivity index is 1.76. The third-order valence-corrected chi connectivity index (χ3v) is 4.61. The van der Waals surface area contributed by atoms with Crippen LogP contribution in [0.3, 0.4) is 0 Å². The molecule has 0 unspecified atom stereocenters. The van der Waals surface area contributed by atoms with Crippen molar-refractivity contribution in [3.05, 3.63) is 42.5 Å². The van der Waals surface area contributed by atoms with Gasteiger partial charge in [-0.2, -0.15) is 0 Å². The van der Waals surface area contributed by atoms with Crippen LogP contribution in [0.5, 0.6) is 17.2 Å². The Morgan fingerprint density at radius 3 is 2.58 bits per heavy atom. The third-order valence-electron chi connectivity index (χ3n) is 4.61. The molecule has 0 aromatic heterocycles. The van der Waals surface area contributed by atoms with Crippen LogP contribution in [0, 0.1) is 5.41 Å². The standard InChI is InChI=1S/C21H26N2O3/c1-15(24)22-16-5-8-18(9-6-16)26-20-13-17(7-10-19(20)25)23-12-4-11-21(2,3)14-23/h5-10,13,25H,4,11-12,14H2,1-3H3,(H,22,24). The molecule has 0 aliphatic carbocycles. The predicted octanol–water partition coefficient (Wildman–Crippen LogP) is 4.77. The molecular weight excluding hydrogens is 328 g/mol. The van der Waals surface area contributed by atoms with E-state index in [2.05, 4.69) is 24.1 Å². The molecule has 3 rings (SSSR count). The van der Waals surface area contributed by atoms with Crippen molar-refractivity contribution < 1.29 is 14.6 Å². The van der Waals surface area contributed by atoms with Gasteiger partial charge < -0.3 is 20.1 Å².